The van der Waals surface area contributed by atoms with Gasteiger partial charge in [0.1, 0.15) is 0 Å². The highest BCUT2D eigenvalue weighted by molar-refractivity contribution is 7.18. The number of amides is 1. The summed E-state index contributed by atoms with van der Waals surface area (Å²) in [6, 6.07) is 14.0. The first-order valence-corrected chi connectivity index (χ1v) is 10.6. The molecule has 3 aromatic rings. The Hall–Kier alpha value is -2.86. The molecule has 0 saturated heterocycles. The molecule has 0 spiro atoms. The van der Waals surface area contributed by atoms with Gasteiger partial charge in [0.2, 0.25) is 12.7 Å². The monoisotopic (exact) mass is 406 g/mol. The Kier molecular flexibility index (Phi) is 4.72. The van der Waals surface area contributed by atoms with Crippen LogP contribution in [0.25, 0.3) is 10.2 Å². The minimum Gasteiger partial charge on any atom is -0.454 e. The number of hydrogen-bond acceptors (Lipinski definition) is 5. The molecule has 5 rings (SSSR count). The Morgan fingerprint density at radius 2 is 1.97 bits per heavy atom. The molecule has 0 N–H and O–H groups in total. The standard InChI is InChI=1S/C23H22N2O3S/c1-25(13-15-10-11-19-20(12-15)28-14-27-19)23(26)17-7-3-2-6-16(17)22-24-18-8-4-5-9-21(18)29-22/h2-5,8-12,16-17H,6-7,13-14H2,1H3/t16-,17-/m0/s1. The van der Waals surface area contributed by atoms with Gasteiger partial charge in [-0.2, -0.15) is 0 Å². The van der Waals surface area contributed by atoms with Gasteiger partial charge in [-0.15, -0.1) is 11.3 Å². The largest absolute Gasteiger partial charge is 0.454 e. The van der Waals surface area contributed by atoms with Crippen molar-refractivity contribution in [1.29, 1.82) is 0 Å². The molecule has 0 saturated carbocycles. The molecular formula is C23H22N2O3S. The molecule has 148 valence electrons. The van der Waals surface area contributed by atoms with Crippen molar-refractivity contribution >= 4 is 27.5 Å². The van der Waals surface area contributed by atoms with Gasteiger partial charge in [-0.25, -0.2) is 4.98 Å². The molecule has 5 nitrogen and oxygen atoms in total. The number of carbonyl (C=O) groups is 1. The Balaban J connectivity index is 1.36. The minimum atomic E-state index is -0.0837. The zero-order valence-corrected chi connectivity index (χ0v) is 17.0. The van der Waals surface area contributed by atoms with E-state index in [1.807, 2.05) is 48.3 Å². The SMILES string of the molecule is CN(Cc1ccc2c(c1)OCO2)C(=O)[C@H]1CC=CC[C@@H]1c1nc2ccccc2s1. The fourth-order valence-electron chi connectivity index (χ4n) is 4.08. The number of ether oxygens (including phenoxy) is 2. The van der Waals surface area contributed by atoms with Crippen LogP contribution in [0.15, 0.2) is 54.6 Å². The van der Waals surface area contributed by atoms with Crippen LogP contribution in [0, 0.1) is 5.92 Å². The van der Waals surface area contributed by atoms with E-state index in [1.165, 1.54) is 4.70 Å². The van der Waals surface area contributed by atoms with E-state index in [1.54, 1.807) is 11.3 Å². The van der Waals surface area contributed by atoms with Gasteiger partial charge in [0.25, 0.3) is 0 Å². The van der Waals surface area contributed by atoms with E-state index in [0.29, 0.717) is 6.54 Å². The molecule has 0 unspecified atom stereocenters. The van der Waals surface area contributed by atoms with Crippen LogP contribution in [0.2, 0.25) is 0 Å². The predicted octanol–water partition coefficient (Wildman–Crippen LogP) is 4.73. The van der Waals surface area contributed by atoms with Gasteiger partial charge in [0, 0.05) is 19.5 Å². The lowest BCUT2D eigenvalue weighted by Crippen LogP contribution is -2.36. The lowest BCUT2D eigenvalue weighted by Gasteiger charge is -2.30. The van der Waals surface area contributed by atoms with Gasteiger partial charge >= 0.3 is 0 Å². The van der Waals surface area contributed by atoms with E-state index in [2.05, 4.69) is 18.2 Å². The molecule has 6 heteroatoms. The molecule has 2 aromatic carbocycles. The quantitative estimate of drug-likeness (QED) is 0.588. The molecule has 1 amide bonds. The summed E-state index contributed by atoms with van der Waals surface area (Å²) in [7, 11) is 1.88. The maximum atomic E-state index is 13.3. The van der Waals surface area contributed by atoms with E-state index in [0.717, 1.165) is 40.4 Å². The number of aromatic nitrogens is 1. The van der Waals surface area contributed by atoms with E-state index < -0.39 is 0 Å². The van der Waals surface area contributed by atoms with Gasteiger partial charge in [-0.3, -0.25) is 4.79 Å². The Bertz CT molecular complexity index is 1060. The molecule has 1 aromatic heterocycles. The normalized spacial score (nSPS) is 20.2. The summed E-state index contributed by atoms with van der Waals surface area (Å²) < 4.78 is 12.0. The highest BCUT2D eigenvalue weighted by Crippen LogP contribution is 2.39. The first-order chi connectivity index (χ1) is 14.2. The van der Waals surface area contributed by atoms with E-state index in [-0.39, 0.29) is 24.5 Å². The van der Waals surface area contributed by atoms with E-state index in [9.17, 15) is 4.79 Å². The molecule has 0 fully saturated rings. The molecule has 0 radical (unpaired) electrons. The summed E-state index contributed by atoms with van der Waals surface area (Å²) in [4.78, 5) is 20.0. The van der Waals surface area contributed by atoms with Gasteiger partial charge < -0.3 is 14.4 Å². The van der Waals surface area contributed by atoms with Crippen LogP contribution in [-0.4, -0.2) is 29.6 Å². The number of para-hydroxylation sites is 1. The van der Waals surface area contributed by atoms with Crippen LogP contribution in [0.1, 0.15) is 29.3 Å². The van der Waals surface area contributed by atoms with Crippen molar-refractivity contribution in [2.24, 2.45) is 5.92 Å². The molecule has 1 aliphatic carbocycles. The average molecular weight is 407 g/mol. The number of thiazole rings is 1. The maximum Gasteiger partial charge on any atom is 0.231 e. The fraction of sp³-hybridized carbons (Fsp3) is 0.304. The zero-order chi connectivity index (χ0) is 19.8. The molecule has 29 heavy (non-hydrogen) atoms. The van der Waals surface area contributed by atoms with Crippen LogP contribution in [0.5, 0.6) is 11.5 Å². The third kappa shape index (κ3) is 3.49. The zero-order valence-electron chi connectivity index (χ0n) is 16.2. The van der Waals surface area contributed by atoms with Crippen molar-refractivity contribution in [2.45, 2.75) is 25.3 Å². The average Bonchev–Trinajstić information content (AvgIpc) is 3.39. The number of fused-ring (bicyclic) bond motifs is 2. The van der Waals surface area contributed by atoms with Crippen molar-refractivity contribution in [1.82, 2.24) is 9.88 Å². The first-order valence-electron chi connectivity index (χ1n) is 9.83. The second kappa shape index (κ2) is 7.52. The third-order valence-corrected chi connectivity index (χ3v) is 6.78. The van der Waals surface area contributed by atoms with Crippen molar-refractivity contribution < 1.29 is 14.3 Å². The smallest absolute Gasteiger partial charge is 0.231 e. The summed E-state index contributed by atoms with van der Waals surface area (Å²) in [5, 5.41) is 1.06. The van der Waals surface area contributed by atoms with E-state index in [4.69, 9.17) is 14.5 Å². The van der Waals surface area contributed by atoms with Gasteiger partial charge in [0.05, 0.1) is 21.1 Å². The van der Waals surface area contributed by atoms with Crippen molar-refractivity contribution in [2.75, 3.05) is 13.8 Å². The Morgan fingerprint density at radius 3 is 2.86 bits per heavy atom. The number of allylic oxidation sites excluding steroid dienone is 2. The Morgan fingerprint density at radius 1 is 1.14 bits per heavy atom. The molecular weight excluding hydrogens is 384 g/mol. The lowest BCUT2D eigenvalue weighted by atomic mass is 9.82. The summed E-state index contributed by atoms with van der Waals surface area (Å²) in [6.07, 6.45) is 5.91. The fourth-order valence-corrected chi connectivity index (χ4v) is 5.23. The Labute approximate surface area is 173 Å². The summed E-state index contributed by atoms with van der Waals surface area (Å²) in [5.41, 5.74) is 2.05. The van der Waals surface area contributed by atoms with Gasteiger partial charge in [-0.05, 0) is 42.7 Å². The van der Waals surface area contributed by atoms with Crippen LogP contribution < -0.4 is 9.47 Å². The van der Waals surface area contributed by atoms with Gasteiger partial charge in [0.15, 0.2) is 11.5 Å². The van der Waals surface area contributed by atoms with Crippen LogP contribution in [-0.2, 0) is 11.3 Å². The number of carbonyl (C=O) groups excluding carboxylic acids is 1. The molecule has 2 aliphatic rings. The minimum absolute atomic E-state index is 0.0837. The summed E-state index contributed by atoms with van der Waals surface area (Å²) in [5.74, 6) is 1.72. The summed E-state index contributed by atoms with van der Waals surface area (Å²) in [6.45, 7) is 0.800. The van der Waals surface area contributed by atoms with Crippen LogP contribution in [0.3, 0.4) is 0 Å². The predicted molar refractivity (Wildman–Crippen MR) is 113 cm³/mol. The highest BCUT2D eigenvalue weighted by Gasteiger charge is 2.34. The number of hydrogen-bond donors (Lipinski definition) is 0. The van der Waals surface area contributed by atoms with Crippen LogP contribution >= 0.6 is 11.3 Å². The first kappa shape index (κ1) is 18.2. The molecule has 0 bridgehead atoms. The topological polar surface area (TPSA) is 51.7 Å². The third-order valence-electron chi connectivity index (χ3n) is 5.61. The maximum absolute atomic E-state index is 13.3. The lowest BCUT2D eigenvalue weighted by molar-refractivity contribution is -0.135. The van der Waals surface area contributed by atoms with Crippen LogP contribution in [0.4, 0.5) is 0 Å². The molecule has 2 atom stereocenters. The number of rotatable bonds is 4. The van der Waals surface area contributed by atoms with Gasteiger partial charge in [-0.1, -0.05) is 30.4 Å². The second-order valence-corrected chi connectivity index (χ2v) is 8.62. The second-order valence-electron chi connectivity index (χ2n) is 7.56. The van der Waals surface area contributed by atoms with Crippen molar-refractivity contribution in [3.8, 4) is 11.5 Å². The number of nitrogens with zero attached hydrogens (tertiary/aromatic N) is 2. The molecule has 1 aliphatic heterocycles. The van der Waals surface area contributed by atoms with Crippen molar-refractivity contribution in [3.63, 3.8) is 0 Å². The molecule has 2 heterocycles. The number of benzene rings is 2. The van der Waals surface area contributed by atoms with E-state index >= 15 is 0 Å². The van der Waals surface area contributed by atoms with Crippen molar-refractivity contribution in [3.05, 3.63) is 65.2 Å². The summed E-state index contributed by atoms with van der Waals surface area (Å²) >= 11 is 1.71. The highest BCUT2D eigenvalue weighted by atomic mass is 32.1.